The average molecular weight is 410 g/mol. The molecule has 8 heteroatoms. The van der Waals surface area contributed by atoms with Gasteiger partial charge in [-0.15, -0.1) is 10.2 Å². The van der Waals surface area contributed by atoms with Crippen molar-refractivity contribution < 1.29 is 0 Å². The Morgan fingerprint density at radius 1 is 1.14 bits per heavy atom. The Morgan fingerprint density at radius 3 is 2.75 bits per heavy atom. The van der Waals surface area contributed by atoms with Gasteiger partial charge < -0.3 is 4.98 Å². The van der Waals surface area contributed by atoms with Crippen LogP contribution in [-0.2, 0) is 5.75 Å². The molecule has 1 fully saturated rings. The zero-order chi connectivity index (χ0) is 19.1. The molecule has 0 bridgehead atoms. The quantitative estimate of drug-likeness (QED) is 0.496. The molecule has 0 aliphatic heterocycles. The first kappa shape index (κ1) is 17.5. The van der Waals surface area contributed by atoms with Crippen molar-refractivity contribution in [2.75, 3.05) is 0 Å². The summed E-state index contributed by atoms with van der Waals surface area (Å²) in [6.07, 6.45) is 2.30. The Morgan fingerprint density at radius 2 is 1.96 bits per heavy atom. The van der Waals surface area contributed by atoms with Crippen LogP contribution in [0.25, 0.3) is 16.6 Å². The first-order valence-corrected chi connectivity index (χ1v) is 10.4. The largest absolute Gasteiger partial charge is 0.309 e. The predicted molar refractivity (Wildman–Crippen MR) is 110 cm³/mol. The number of H-pyrrole nitrogens is 1. The van der Waals surface area contributed by atoms with Crippen LogP contribution in [0.1, 0.15) is 30.4 Å². The Balaban J connectivity index is 1.47. The lowest BCUT2D eigenvalue weighted by Crippen LogP contribution is -2.11. The van der Waals surface area contributed by atoms with Crippen molar-refractivity contribution in [1.29, 1.82) is 0 Å². The number of nitrogens with zero attached hydrogens (tertiary/aromatic N) is 4. The second kappa shape index (κ2) is 7.07. The Hall–Kier alpha value is -2.64. The summed E-state index contributed by atoms with van der Waals surface area (Å²) in [6.45, 7) is 0. The molecule has 1 saturated carbocycles. The normalized spacial score (nSPS) is 13.9. The van der Waals surface area contributed by atoms with Gasteiger partial charge in [0, 0.05) is 16.6 Å². The van der Waals surface area contributed by atoms with E-state index in [-0.39, 0.29) is 5.56 Å². The molecule has 0 radical (unpaired) electrons. The van der Waals surface area contributed by atoms with Crippen molar-refractivity contribution in [3.8, 4) is 5.69 Å². The van der Waals surface area contributed by atoms with Gasteiger partial charge in [-0.25, -0.2) is 4.98 Å². The summed E-state index contributed by atoms with van der Waals surface area (Å²) in [5, 5.41) is 10.6. The zero-order valence-electron chi connectivity index (χ0n) is 14.8. The summed E-state index contributed by atoms with van der Waals surface area (Å²) in [7, 11) is 0. The molecule has 2 aromatic heterocycles. The van der Waals surface area contributed by atoms with E-state index in [0.717, 1.165) is 29.5 Å². The highest BCUT2D eigenvalue weighted by atomic mass is 35.5. The molecule has 28 heavy (non-hydrogen) atoms. The first-order valence-electron chi connectivity index (χ1n) is 9.01. The van der Waals surface area contributed by atoms with Crippen molar-refractivity contribution in [3.05, 3.63) is 75.6 Å². The van der Waals surface area contributed by atoms with Crippen LogP contribution >= 0.6 is 23.4 Å². The number of rotatable bonds is 5. The zero-order valence-corrected chi connectivity index (χ0v) is 16.4. The van der Waals surface area contributed by atoms with Gasteiger partial charge >= 0.3 is 0 Å². The third-order valence-corrected chi connectivity index (χ3v) is 5.85. The Labute approximate surface area is 170 Å². The lowest BCUT2D eigenvalue weighted by Gasteiger charge is -2.09. The Bertz CT molecular complexity index is 1220. The number of benzene rings is 2. The van der Waals surface area contributed by atoms with E-state index >= 15 is 0 Å². The molecule has 0 unspecified atom stereocenters. The average Bonchev–Trinajstić information content (AvgIpc) is 3.47. The summed E-state index contributed by atoms with van der Waals surface area (Å²) in [4.78, 5) is 19.8. The molecule has 2 heterocycles. The summed E-state index contributed by atoms with van der Waals surface area (Å²) in [5.74, 6) is 2.57. The minimum Gasteiger partial charge on any atom is -0.309 e. The minimum absolute atomic E-state index is 0.189. The van der Waals surface area contributed by atoms with Crippen molar-refractivity contribution in [1.82, 2.24) is 24.7 Å². The fourth-order valence-corrected chi connectivity index (χ4v) is 4.16. The van der Waals surface area contributed by atoms with Crippen LogP contribution in [0.15, 0.2) is 58.5 Å². The van der Waals surface area contributed by atoms with Gasteiger partial charge in [0.05, 0.1) is 16.7 Å². The van der Waals surface area contributed by atoms with E-state index in [2.05, 4.69) is 36.9 Å². The summed E-state index contributed by atoms with van der Waals surface area (Å²) in [5.41, 5.74) is 1.49. The third kappa shape index (κ3) is 3.31. The van der Waals surface area contributed by atoms with Gasteiger partial charge in [0.25, 0.3) is 5.56 Å². The van der Waals surface area contributed by atoms with Gasteiger partial charge in [-0.2, -0.15) is 0 Å². The van der Waals surface area contributed by atoms with Crippen molar-refractivity contribution in [3.63, 3.8) is 0 Å². The van der Waals surface area contributed by atoms with E-state index < -0.39 is 0 Å². The molecular weight excluding hydrogens is 394 g/mol. The van der Waals surface area contributed by atoms with Crippen molar-refractivity contribution >= 4 is 34.3 Å². The minimum atomic E-state index is -0.189. The van der Waals surface area contributed by atoms with E-state index in [9.17, 15) is 4.79 Å². The number of thioether (sulfide) groups is 1. The molecule has 0 atom stereocenters. The number of fused-ring (bicyclic) bond motifs is 1. The molecule has 6 nitrogen and oxygen atoms in total. The predicted octanol–water partition coefficient (Wildman–Crippen LogP) is 4.33. The number of halogens is 1. The van der Waals surface area contributed by atoms with Crippen LogP contribution in [0.3, 0.4) is 0 Å². The van der Waals surface area contributed by atoms with E-state index in [1.807, 2.05) is 18.2 Å². The maximum absolute atomic E-state index is 12.4. The highest BCUT2D eigenvalue weighted by molar-refractivity contribution is 7.98. The summed E-state index contributed by atoms with van der Waals surface area (Å²) < 4.78 is 2.11. The fraction of sp³-hybridized carbons (Fsp3) is 0.200. The Kier molecular flexibility index (Phi) is 4.41. The number of aromatic amines is 1. The monoisotopic (exact) mass is 409 g/mol. The van der Waals surface area contributed by atoms with E-state index in [1.165, 1.54) is 11.8 Å². The van der Waals surface area contributed by atoms with Gasteiger partial charge in [0.15, 0.2) is 5.16 Å². The molecule has 0 spiro atoms. The van der Waals surface area contributed by atoms with Crippen LogP contribution in [0, 0.1) is 0 Å². The molecule has 1 aliphatic carbocycles. The standard InChI is InChI=1S/C20H16ClN5OS/c21-13-8-9-16-15(10-13)19(27)23-17(22-16)11-28-20-25-24-18(12-6-7-12)26(20)14-4-2-1-3-5-14/h1-5,8-10,12H,6-7,11H2,(H,22,23,27). The molecule has 0 saturated heterocycles. The van der Waals surface area contributed by atoms with Gasteiger partial charge in [0.1, 0.15) is 11.6 Å². The molecule has 140 valence electrons. The molecule has 1 aliphatic rings. The SMILES string of the molecule is O=c1[nH]c(CSc2nnc(C3CC3)n2-c2ccccc2)nc2ccc(Cl)cc12. The smallest absolute Gasteiger partial charge is 0.258 e. The molecular formula is C20H16ClN5OS. The van der Waals surface area contributed by atoms with Gasteiger partial charge in [-0.05, 0) is 43.2 Å². The third-order valence-electron chi connectivity index (χ3n) is 4.67. The van der Waals surface area contributed by atoms with Gasteiger partial charge in [-0.3, -0.25) is 9.36 Å². The maximum Gasteiger partial charge on any atom is 0.258 e. The summed E-state index contributed by atoms with van der Waals surface area (Å²) >= 11 is 7.49. The second-order valence-electron chi connectivity index (χ2n) is 6.75. The molecule has 4 aromatic rings. The van der Waals surface area contributed by atoms with Crippen LogP contribution < -0.4 is 5.56 Å². The van der Waals surface area contributed by atoms with E-state index in [0.29, 0.717) is 33.4 Å². The lowest BCUT2D eigenvalue weighted by molar-refractivity contribution is 0.828. The number of aromatic nitrogens is 5. The van der Waals surface area contributed by atoms with E-state index in [4.69, 9.17) is 11.6 Å². The number of nitrogens with one attached hydrogen (secondary N) is 1. The summed E-state index contributed by atoms with van der Waals surface area (Å²) in [6, 6.07) is 15.3. The van der Waals surface area contributed by atoms with Crippen molar-refractivity contribution in [2.24, 2.45) is 0 Å². The highest BCUT2D eigenvalue weighted by Gasteiger charge is 2.31. The van der Waals surface area contributed by atoms with Gasteiger partial charge in [0.2, 0.25) is 0 Å². The maximum atomic E-state index is 12.4. The lowest BCUT2D eigenvalue weighted by atomic mass is 10.2. The van der Waals surface area contributed by atoms with E-state index in [1.54, 1.807) is 18.2 Å². The molecule has 0 amide bonds. The highest BCUT2D eigenvalue weighted by Crippen LogP contribution is 2.41. The van der Waals surface area contributed by atoms with Gasteiger partial charge in [-0.1, -0.05) is 41.6 Å². The number of para-hydroxylation sites is 1. The van der Waals surface area contributed by atoms with Crippen LogP contribution in [0.2, 0.25) is 5.02 Å². The molecule has 2 aromatic carbocycles. The van der Waals surface area contributed by atoms with Crippen LogP contribution in [0.4, 0.5) is 0 Å². The second-order valence-corrected chi connectivity index (χ2v) is 8.13. The first-order chi connectivity index (χ1) is 13.7. The molecule has 5 rings (SSSR count). The number of hydrogen-bond acceptors (Lipinski definition) is 5. The molecule has 1 N–H and O–H groups in total. The number of hydrogen-bond donors (Lipinski definition) is 1. The topological polar surface area (TPSA) is 76.5 Å². The fourth-order valence-electron chi connectivity index (χ4n) is 3.16. The van der Waals surface area contributed by atoms with Crippen LogP contribution in [-0.4, -0.2) is 24.7 Å². The van der Waals surface area contributed by atoms with Crippen molar-refractivity contribution in [2.45, 2.75) is 29.7 Å². The van der Waals surface area contributed by atoms with Crippen LogP contribution in [0.5, 0.6) is 0 Å².